The molecule has 3 aromatic heterocycles. The Balaban J connectivity index is 1.25. The summed E-state index contributed by atoms with van der Waals surface area (Å²) in [5.41, 5.74) is 1.11. The minimum atomic E-state index is -0.819. The van der Waals surface area contributed by atoms with E-state index in [4.69, 9.17) is 0 Å². The van der Waals surface area contributed by atoms with Crippen molar-refractivity contribution >= 4 is 22.9 Å². The minimum Gasteiger partial charge on any atom is -0.365 e. The highest BCUT2D eigenvalue weighted by molar-refractivity contribution is 5.88. The molecule has 4 heterocycles. The van der Waals surface area contributed by atoms with Crippen molar-refractivity contribution < 1.29 is 13.6 Å². The van der Waals surface area contributed by atoms with Gasteiger partial charge in [0.25, 0.3) is 0 Å². The molecular weight excluding hydrogens is 430 g/mol. The molecule has 1 aliphatic carbocycles. The summed E-state index contributed by atoms with van der Waals surface area (Å²) >= 11 is 0. The number of H-pyrrole nitrogens is 1. The standard InChI is InChI=1S/C22H26F2N8O/c23-13-6-9-32(10-7-13)22(33)28-15-4-1-3-14(11-15)27-20-17(24)12-26-21(29-20)18-16-5-2-8-25-19(16)31-30-18/h2,5,8,12-15H,1,3-4,6-7,9-11H2,(H,28,33)(H,25,30,31)(H,26,27,29)/t14-,15+/m1/s1. The second kappa shape index (κ2) is 9.24. The molecule has 0 radical (unpaired) electrons. The van der Waals surface area contributed by atoms with Crippen molar-refractivity contribution in [1.29, 1.82) is 0 Å². The predicted octanol–water partition coefficient (Wildman–Crippen LogP) is 3.42. The fourth-order valence-corrected chi connectivity index (χ4v) is 4.57. The van der Waals surface area contributed by atoms with Crippen LogP contribution in [-0.4, -0.2) is 67.4 Å². The van der Waals surface area contributed by atoms with Gasteiger partial charge in [0.05, 0.1) is 6.20 Å². The van der Waals surface area contributed by atoms with Crippen LogP contribution in [0.15, 0.2) is 24.5 Å². The van der Waals surface area contributed by atoms with Gasteiger partial charge in [-0.05, 0) is 50.7 Å². The van der Waals surface area contributed by atoms with Crippen LogP contribution in [0, 0.1) is 5.82 Å². The van der Waals surface area contributed by atoms with E-state index in [9.17, 15) is 13.6 Å². The first-order valence-corrected chi connectivity index (χ1v) is 11.3. The molecule has 174 valence electrons. The first kappa shape index (κ1) is 21.5. The van der Waals surface area contributed by atoms with Crippen molar-refractivity contribution in [2.24, 2.45) is 0 Å². The third-order valence-electron chi connectivity index (χ3n) is 6.35. The molecule has 3 aromatic rings. The average Bonchev–Trinajstić information content (AvgIpc) is 3.25. The van der Waals surface area contributed by atoms with E-state index in [0.29, 0.717) is 49.5 Å². The van der Waals surface area contributed by atoms with E-state index in [1.54, 1.807) is 17.2 Å². The Labute approximate surface area is 189 Å². The molecule has 0 unspecified atom stereocenters. The molecule has 2 amide bonds. The van der Waals surface area contributed by atoms with E-state index >= 15 is 0 Å². The third kappa shape index (κ3) is 4.71. The zero-order valence-electron chi connectivity index (χ0n) is 18.1. The average molecular weight is 457 g/mol. The number of hydrogen-bond donors (Lipinski definition) is 3. The Bertz CT molecular complexity index is 1130. The summed E-state index contributed by atoms with van der Waals surface area (Å²) in [5.74, 6) is -0.0964. The lowest BCUT2D eigenvalue weighted by atomic mass is 9.91. The van der Waals surface area contributed by atoms with Gasteiger partial charge in [0.2, 0.25) is 0 Å². The number of halogens is 2. The van der Waals surface area contributed by atoms with Gasteiger partial charge in [-0.1, -0.05) is 0 Å². The van der Waals surface area contributed by atoms with Crippen molar-refractivity contribution in [3.05, 3.63) is 30.3 Å². The Kier molecular flexibility index (Phi) is 6.01. The first-order chi connectivity index (χ1) is 16.1. The van der Waals surface area contributed by atoms with E-state index < -0.39 is 12.0 Å². The van der Waals surface area contributed by atoms with Crippen LogP contribution >= 0.6 is 0 Å². The van der Waals surface area contributed by atoms with Crippen molar-refractivity contribution in [2.75, 3.05) is 18.4 Å². The summed E-state index contributed by atoms with van der Waals surface area (Å²) in [6, 6.07) is 3.42. The monoisotopic (exact) mass is 456 g/mol. The number of hydrogen-bond acceptors (Lipinski definition) is 6. The van der Waals surface area contributed by atoms with Crippen molar-refractivity contribution in [3.63, 3.8) is 0 Å². The number of alkyl halides is 1. The number of fused-ring (bicyclic) bond motifs is 1. The van der Waals surface area contributed by atoms with Gasteiger partial charge >= 0.3 is 6.03 Å². The molecule has 3 N–H and O–H groups in total. The number of nitrogens with one attached hydrogen (secondary N) is 3. The van der Waals surface area contributed by atoms with Crippen LogP contribution in [0.1, 0.15) is 38.5 Å². The number of nitrogens with zero attached hydrogens (tertiary/aromatic N) is 5. The molecular formula is C22H26F2N8O. The number of rotatable bonds is 4. The molecule has 11 heteroatoms. The Hall–Kier alpha value is -3.37. The summed E-state index contributed by atoms with van der Waals surface area (Å²) in [7, 11) is 0. The fourth-order valence-electron chi connectivity index (χ4n) is 4.57. The highest BCUT2D eigenvalue weighted by atomic mass is 19.1. The van der Waals surface area contributed by atoms with Gasteiger partial charge in [0.15, 0.2) is 23.1 Å². The van der Waals surface area contributed by atoms with Gasteiger partial charge in [0.1, 0.15) is 11.9 Å². The van der Waals surface area contributed by atoms with Crippen molar-refractivity contribution in [2.45, 2.75) is 56.8 Å². The lowest BCUT2D eigenvalue weighted by Crippen LogP contribution is -2.50. The largest absolute Gasteiger partial charge is 0.365 e. The normalized spacial score (nSPS) is 21.8. The number of carbonyl (C=O) groups is 1. The van der Waals surface area contributed by atoms with E-state index in [0.717, 1.165) is 30.8 Å². The second-order valence-corrected chi connectivity index (χ2v) is 8.68. The smallest absolute Gasteiger partial charge is 0.317 e. The van der Waals surface area contributed by atoms with Gasteiger partial charge in [-0.2, -0.15) is 5.10 Å². The van der Waals surface area contributed by atoms with Crippen LogP contribution in [0.2, 0.25) is 0 Å². The molecule has 2 aliphatic rings. The predicted molar refractivity (Wildman–Crippen MR) is 119 cm³/mol. The molecule has 5 rings (SSSR count). The Morgan fingerprint density at radius 3 is 2.82 bits per heavy atom. The topological polar surface area (TPSA) is 112 Å². The lowest BCUT2D eigenvalue weighted by Gasteiger charge is -2.34. The van der Waals surface area contributed by atoms with Gasteiger partial charge in [0, 0.05) is 36.8 Å². The fraction of sp³-hybridized carbons (Fsp3) is 0.500. The number of anilines is 1. The first-order valence-electron chi connectivity index (χ1n) is 11.3. The summed E-state index contributed by atoms with van der Waals surface area (Å²) in [6.45, 7) is 0.877. The maximum atomic E-state index is 14.5. The number of piperidine rings is 1. The molecule has 9 nitrogen and oxygen atoms in total. The molecule has 0 aromatic carbocycles. The Morgan fingerprint density at radius 1 is 1.15 bits per heavy atom. The summed E-state index contributed by atoms with van der Waals surface area (Å²) in [6.07, 6.45) is 5.99. The van der Waals surface area contributed by atoms with Crippen LogP contribution in [0.25, 0.3) is 22.6 Å². The maximum absolute atomic E-state index is 14.5. The number of likely N-dealkylation sites (tertiary alicyclic amines) is 1. The van der Waals surface area contributed by atoms with Crippen LogP contribution in [0.5, 0.6) is 0 Å². The Morgan fingerprint density at radius 2 is 1.97 bits per heavy atom. The lowest BCUT2D eigenvalue weighted by molar-refractivity contribution is 0.148. The molecule has 1 saturated carbocycles. The molecule has 2 atom stereocenters. The second-order valence-electron chi connectivity index (χ2n) is 8.68. The minimum absolute atomic E-state index is 0.0288. The van der Waals surface area contributed by atoms with Gasteiger partial charge < -0.3 is 15.5 Å². The highest BCUT2D eigenvalue weighted by Gasteiger charge is 2.28. The molecule has 1 aliphatic heterocycles. The zero-order chi connectivity index (χ0) is 22.8. The number of urea groups is 1. The maximum Gasteiger partial charge on any atom is 0.317 e. The molecule has 2 fully saturated rings. The summed E-state index contributed by atoms with van der Waals surface area (Å²) in [5, 5.41) is 14.0. The van der Waals surface area contributed by atoms with Crippen LogP contribution in [0.4, 0.5) is 19.4 Å². The number of carbonyl (C=O) groups excluding carboxylic acids is 1. The van der Waals surface area contributed by atoms with E-state index in [1.807, 2.05) is 6.07 Å². The van der Waals surface area contributed by atoms with E-state index in [-0.39, 0.29) is 23.9 Å². The third-order valence-corrected chi connectivity index (χ3v) is 6.35. The molecule has 0 bridgehead atoms. The SMILES string of the molecule is O=C(N[C@H]1CCC[C@@H](Nc2nc(-c3[nH]nc4ncccc34)ncc2F)C1)N1CCC(F)CC1. The van der Waals surface area contributed by atoms with Gasteiger partial charge in [-0.25, -0.2) is 28.5 Å². The van der Waals surface area contributed by atoms with E-state index in [2.05, 4.69) is 35.8 Å². The van der Waals surface area contributed by atoms with Crippen LogP contribution in [0.3, 0.4) is 0 Å². The van der Waals surface area contributed by atoms with Gasteiger partial charge in [-0.3, -0.25) is 5.10 Å². The zero-order valence-corrected chi connectivity index (χ0v) is 18.1. The van der Waals surface area contributed by atoms with Gasteiger partial charge in [-0.15, -0.1) is 0 Å². The summed E-state index contributed by atoms with van der Waals surface area (Å²) < 4.78 is 27.9. The summed E-state index contributed by atoms with van der Waals surface area (Å²) in [4.78, 5) is 26.9. The van der Waals surface area contributed by atoms with Crippen LogP contribution in [-0.2, 0) is 0 Å². The highest BCUT2D eigenvalue weighted by Crippen LogP contribution is 2.26. The van der Waals surface area contributed by atoms with E-state index in [1.165, 1.54) is 0 Å². The number of amides is 2. The van der Waals surface area contributed by atoms with Crippen molar-refractivity contribution in [1.82, 2.24) is 35.4 Å². The molecule has 33 heavy (non-hydrogen) atoms. The number of pyridine rings is 1. The molecule has 1 saturated heterocycles. The van der Waals surface area contributed by atoms with Crippen LogP contribution < -0.4 is 10.6 Å². The quantitative estimate of drug-likeness (QED) is 0.555. The molecule has 0 spiro atoms. The number of aromatic amines is 1. The van der Waals surface area contributed by atoms with Crippen molar-refractivity contribution in [3.8, 4) is 11.5 Å². The number of aromatic nitrogens is 5.